The first kappa shape index (κ1) is 18.0. The van der Waals surface area contributed by atoms with E-state index in [1.807, 2.05) is 11.3 Å². The van der Waals surface area contributed by atoms with Gasteiger partial charge in [-0.05, 0) is 36.8 Å². The summed E-state index contributed by atoms with van der Waals surface area (Å²) >= 11 is 1.88. The minimum absolute atomic E-state index is 0.786. The zero-order chi connectivity index (χ0) is 18.8. The molecule has 6 heteroatoms. The molecule has 0 spiro atoms. The van der Waals surface area contributed by atoms with Crippen molar-refractivity contribution in [3.8, 4) is 0 Å². The Morgan fingerprint density at radius 3 is 2.71 bits per heavy atom. The van der Waals surface area contributed by atoms with Crippen LogP contribution in [-0.4, -0.2) is 41.2 Å². The highest BCUT2D eigenvalue weighted by atomic mass is 32.1. The van der Waals surface area contributed by atoms with Gasteiger partial charge in [0.2, 0.25) is 0 Å². The van der Waals surface area contributed by atoms with Gasteiger partial charge in [-0.2, -0.15) is 0 Å². The Hall–Kier alpha value is -2.02. The lowest BCUT2D eigenvalue weighted by Crippen LogP contribution is -2.36. The minimum Gasteiger partial charge on any atom is -0.379 e. The van der Waals surface area contributed by atoms with Gasteiger partial charge in [-0.1, -0.05) is 30.3 Å². The van der Waals surface area contributed by atoms with Crippen molar-refractivity contribution in [2.75, 3.05) is 31.6 Å². The molecule has 2 aromatic heterocycles. The predicted octanol–water partition coefficient (Wildman–Crippen LogP) is 4.01. The van der Waals surface area contributed by atoms with Crippen molar-refractivity contribution in [3.05, 3.63) is 52.2 Å². The van der Waals surface area contributed by atoms with Crippen LogP contribution < -0.4 is 5.32 Å². The van der Waals surface area contributed by atoms with Crippen molar-refractivity contribution in [1.82, 2.24) is 14.9 Å². The molecule has 5 rings (SSSR count). The Kier molecular flexibility index (Phi) is 5.25. The van der Waals surface area contributed by atoms with Crippen molar-refractivity contribution < 1.29 is 4.74 Å². The molecule has 0 radical (unpaired) electrons. The molecule has 0 unspecified atom stereocenters. The third-order valence-corrected chi connectivity index (χ3v) is 6.82. The standard InChI is InChI=1S/C22H26N4OS/c1-2-6-16(7-3-1)14-23-21-20-17-8-4-5-9-18(17)28-22(20)25-19(24-21)15-26-10-12-27-13-11-26/h1-3,6-7H,4-5,8-15H2,(H,23,24,25). The summed E-state index contributed by atoms with van der Waals surface area (Å²) in [5, 5.41) is 4.90. The number of fused-ring (bicyclic) bond motifs is 3. The van der Waals surface area contributed by atoms with E-state index in [0.717, 1.165) is 62.3 Å². The van der Waals surface area contributed by atoms with Crippen LogP contribution in [-0.2, 0) is 30.7 Å². The topological polar surface area (TPSA) is 50.3 Å². The second-order valence-electron chi connectivity index (χ2n) is 7.61. The van der Waals surface area contributed by atoms with Crippen LogP contribution in [0, 0.1) is 0 Å². The summed E-state index contributed by atoms with van der Waals surface area (Å²) < 4.78 is 5.48. The minimum atomic E-state index is 0.786. The highest BCUT2D eigenvalue weighted by Crippen LogP contribution is 2.38. The zero-order valence-corrected chi connectivity index (χ0v) is 16.9. The fourth-order valence-electron chi connectivity index (χ4n) is 4.14. The molecule has 2 aliphatic rings. The lowest BCUT2D eigenvalue weighted by atomic mass is 9.97. The van der Waals surface area contributed by atoms with E-state index in [0.29, 0.717) is 0 Å². The third kappa shape index (κ3) is 3.77. The molecule has 0 amide bonds. The quantitative estimate of drug-likeness (QED) is 0.708. The van der Waals surface area contributed by atoms with E-state index in [4.69, 9.17) is 14.7 Å². The Morgan fingerprint density at radius 1 is 1.04 bits per heavy atom. The molecular formula is C22H26N4OS. The van der Waals surface area contributed by atoms with Gasteiger partial charge in [0.1, 0.15) is 16.5 Å². The average molecular weight is 395 g/mol. The number of rotatable bonds is 5. The molecular weight excluding hydrogens is 368 g/mol. The van der Waals surface area contributed by atoms with E-state index in [2.05, 4.69) is 40.5 Å². The van der Waals surface area contributed by atoms with E-state index >= 15 is 0 Å². The molecule has 28 heavy (non-hydrogen) atoms. The van der Waals surface area contributed by atoms with E-state index in [9.17, 15) is 0 Å². The van der Waals surface area contributed by atoms with E-state index in [-0.39, 0.29) is 0 Å². The Balaban J connectivity index is 1.49. The number of thiophene rings is 1. The summed E-state index contributed by atoms with van der Waals surface area (Å²) in [6.07, 6.45) is 4.90. The number of aromatic nitrogens is 2. The second-order valence-corrected chi connectivity index (χ2v) is 8.69. The highest BCUT2D eigenvalue weighted by Gasteiger charge is 2.22. The molecule has 1 N–H and O–H groups in total. The monoisotopic (exact) mass is 394 g/mol. The van der Waals surface area contributed by atoms with Gasteiger partial charge < -0.3 is 10.1 Å². The largest absolute Gasteiger partial charge is 0.379 e. The summed E-state index contributed by atoms with van der Waals surface area (Å²) in [7, 11) is 0. The smallest absolute Gasteiger partial charge is 0.146 e. The number of hydrogen-bond donors (Lipinski definition) is 1. The molecule has 0 bridgehead atoms. The number of nitrogens with one attached hydrogen (secondary N) is 1. The maximum absolute atomic E-state index is 5.48. The Bertz CT molecular complexity index is 950. The molecule has 0 saturated carbocycles. The van der Waals surface area contributed by atoms with E-state index in [1.165, 1.54) is 40.7 Å². The number of hydrogen-bond acceptors (Lipinski definition) is 6. The number of ether oxygens (including phenoxy) is 1. The van der Waals surface area contributed by atoms with Gasteiger partial charge in [-0.3, -0.25) is 4.90 Å². The molecule has 1 fully saturated rings. The van der Waals surface area contributed by atoms with Crippen LogP contribution in [0.15, 0.2) is 30.3 Å². The van der Waals surface area contributed by atoms with Gasteiger partial charge in [0.25, 0.3) is 0 Å². The normalized spacial score (nSPS) is 17.6. The van der Waals surface area contributed by atoms with Crippen LogP contribution in [0.4, 0.5) is 5.82 Å². The highest BCUT2D eigenvalue weighted by molar-refractivity contribution is 7.19. The maximum atomic E-state index is 5.48. The zero-order valence-electron chi connectivity index (χ0n) is 16.1. The molecule has 1 aliphatic heterocycles. The first-order valence-electron chi connectivity index (χ1n) is 10.3. The summed E-state index contributed by atoms with van der Waals surface area (Å²) in [5.74, 6) is 1.93. The molecule has 1 saturated heterocycles. The van der Waals surface area contributed by atoms with Crippen molar-refractivity contribution in [1.29, 1.82) is 0 Å². The average Bonchev–Trinajstić information content (AvgIpc) is 3.12. The van der Waals surface area contributed by atoms with Gasteiger partial charge in [0, 0.05) is 24.5 Å². The molecule has 3 heterocycles. The van der Waals surface area contributed by atoms with Gasteiger partial charge in [0.15, 0.2) is 0 Å². The van der Waals surface area contributed by atoms with Crippen LogP contribution in [0.1, 0.15) is 34.7 Å². The third-order valence-electron chi connectivity index (χ3n) is 5.63. The van der Waals surface area contributed by atoms with Crippen molar-refractivity contribution in [3.63, 3.8) is 0 Å². The van der Waals surface area contributed by atoms with Gasteiger partial charge >= 0.3 is 0 Å². The number of nitrogens with zero attached hydrogens (tertiary/aromatic N) is 3. The van der Waals surface area contributed by atoms with Crippen LogP contribution in [0.2, 0.25) is 0 Å². The summed E-state index contributed by atoms with van der Waals surface area (Å²) in [6, 6.07) is 10.5. The fourth-order valence-corrected chi connectivity index (χ4v) is 5.42. The van der Waals surface area contributed by atoms with E-state index < -0.39 is 0 Å². The molecule has 5 nitrogen and oxygen atoms in total. The van der Waals surface area contributed by atoms with Crippen LogP contribution in [0.25, 0.3) is 10.2 Å². The number of anilines is 1. The lowest BCUT2D eigenvalue weighted by molar-refractivity contribution is 0.0331. The predicted molar refractivity (Wildman–Crippen MR) is 114 cm³/mol. The van der Waals surface area contributed by atoms with Crippen molar-refractivity contribution in [2.45, 2.75) is 38.8 Å². The van der Waals surface area contributed by atoms with Crippen LogP contribution >= 0.6 is 11.3 Å². The molecule has 0 atom stereocenters. The molecule has 146 valence electrons. The van der Waals surface area contributed by atoms with Gasteiger partial charge in [0.05, 0.1) is 25.1 Å². The number of morpholine rings is 1. The maximum Gasteiger partial charge on any atom is 0.146 e. The Labute approximate surface area is 169 Å². The molecule has 1 aromatic carbocycles. The molecule has 3 aromatic rings. The number of benzene rings is 1. The number of aryl methyl sites for hydroxylation is 2. The Morgan fingerprint density at radius 2 is 1.86 bits per heavy atom. The lowest BCUT2D eigenvalue weighted by Gasteiger charge is -2.25. The van der Waals surface area contributed by atoms with Gasteiger partial charge in [-0.15, -0.1) is 11.3 Å². The van der Waals surface area contributed by atoms with Crippen LogP contribution in [0.3, 0.4) is 0 Å². The first-order chi connectivity index (χ1) is 13.9. The van der Waals surface area contributed by atoms with Crippen LogP contribution in [0.5, 0.6) is 0 Å². The first-order valence-corrected chi connectivity index (χ1v) is 11.1. The van der Waals surface area contributed by atoms with Gasteiger partial charge in [-0.25, -0.2) is 9.97 Å². The molecule has 1 aliphatic carbocycles. The SMILES string of the molecule is c1ccc(CNc2nc(CN3CCOCC3)nc3sc4c(c23)CCCC4)cc1. The summed E-state index contributed by atoms with van der Waals surface area (Å²) in [6.45, 7) is 5.09. The van der Waals surface area contributed by atoms with Crippen molar-refractivity contribution >= 4 is 27.4 Å². The summed E-state index contributed by atoms with van der Waals surface area (Å²) in [5.41, 5.74) is 2.76. The van der Waals surface area contributed by atoms with E-state index in [1.54, 1.807) is 0 Å². The second kappa shape index (κ2) is 8.15. The van der Waals surface area contributed by atoms with Crippen molar-refractivity contribution in [2.24, 2.45) is 0 Å². The fraction of sp³-hybridized carbons (Fsp3) is 0.455. The summed E-state index contributed by atoms with van der Waals surface area (Å²) in [4.78, 5) is 15.0.